The van der Waals surface area contributed by atoms with E-state index in [-0.39, 0.29) is 11.8 Å². The highest BCUT2D eigenvalue weighted by Crippen LogP contribution is 2.60. The Balaban J connectivity index is 8.27. The lowest BCUT2D eigenvalue weighted by Gasteiger charge is -2.39. The van der Waals surface area contributed by atoms with Crippen LogP contribution in [0.3, 0.4) is 0 Å². The van der Waals surface area contributed by atoms with Crippen molar-refractivity contribution in [2.24, 2.45) is 23.7 Å². The number of amides is 5. The number of aliphatic hydroxyl groups excluding tert-OH is 15. The lowest BCUT2D eigenvalue weighted by Crippen LogP contribution is -2.70. The number of hydrogen-bond acceptors (Lipinski definition) is 21. The van der Waals surface area contributed by atoms with Crippen LogP contribution in [0.15, 0.2) is 0 Å². The van der Waals surface area contributed by atoms with E-state index in [1.54, 1.807) is 0 Å². The van der Waals surface area contributed by atoms with Gasteiger partial charge in [-0.05, 0) is 31.4 Å². The molecule has 0 aliphatic carbocycles. The summed E-state index contributed by atoms with van der Waals surface area (Å²) in [6, 6.07) is 0. The molecule has 0 aromatic rings. The number of carbonyl (C=O) groups is 5. The van der Waals surface area contributed by atoms with Gasteiger partial charge in [-0.2, -0.15) is 68.8 Å². The number of alkyl halides is 13. The van der Waals surface area contributed by atoms with E-state index < -0.39 is 266 Å². The summed E-state index contributed by atoms with van der Waals surface area (Å²) in [5.41, 5.74) is -11.9. The van der Waals surface area contributed by atoms with Gasteiger partial charge < -0.3 is 103 Å². The number of thioether (sulfide) groups is 1. The minimum atomic E-state index is -8.25. The van der Waals surface area contributed by atoms with E-state index in [4.69, 9.17) is 0 Å². The fraction of sp³-hybridized carbons (Fsp3) is 0.884. The van der Waals surface area contributed by atoms with Gasteiger partial charge in [-0.15, -0.1) is 0 Å². The number of rotatable bonds is 42. The van der Waals surface area contributed by atoms with Crippen LogP contribution in [-0.2, 0) is 24.0 Å². The third-order valence-electron chi connectivity index (χ3n) is 13.3. The number of halogens is 13. The van der Waals surface area contributed by atoms with Gasteiger partial charge in [0.1, 0.15) is 27.7 Å². The third-order valence-corrected chi connectivity index (χ3v) is 14.4. The van der Waals surface area contributed by atoms with Crippen molar-refractivity contribution >= 4 is 41.3 Å². The van der Waals surface area contributed by atoms with Crippen molar-refractivity contribution in [3.05, 3.63) is 0 Å². The van der Waals surface area contributed by atoms with Crippen LogP contribution in [0, 0.1) is 23.7 Å². The second-order valence-electron chi connectivity index (χ2n) is 19.6. The molecule has 484 valence electrons. The normalized spacial score (nSPS) is 15.3. The van der Waals surface area contributed by atoms with Gasteiger partial charge in [-0.3, -0.25) is 24.0 Å². The molecule has 20 N–H and O–H groups in total. The van der Waals surface area contributed by atoms with Crippen molar-refractivity contribution in [2.45, 2.75) is 102 Å². The highest BCUT2D eigenvalue weighted by atomic mass is 32.2. The van der Waals surface area contributed by atoms with Crippen LogP contribution in [0.2, 0.25) is 0 Å². The summed E-state index contributed by atoms with van der Waals surface area (Å²) in [5.74, 6) is -57.9. The van der Waals surface area contributed by atoms with Crippen molar-refractivity contribution in [2.75, 3.05) is 111 Å². The van der Waals surface area contributed by atoms with E-state index in [0.717, 1.165) is 0 Å². The Kier molecular flexibility index (Phi) is 30.6. The largest absolute Gasteiger partial charge is 0.460 e. The predicted octanol–water partition coefficient (Wildman–Crippen LogP) is -5.58. The fourth-order valence-electron chi connectivity index (χ4n) is 7.10. The summed E-state index contributed by atoms with van der Waals surface area (Å²) in [7, 11) is 0. The molecular formula is C43H70F13N5O20S. The van der Waals surface area contributed by atoms with Crippen LogP contribution in [0.1, 0.15) is 38.5 Å². The lowest BCUT2D eigenvalue weighted by atomic mass is 9.93. The topological polar surface area (TPSA) is 449 Å². The Hall–Kier alpha value is -3.81. The molecular weight excluding hydrogens is 1200 g/mol. The number of aliphatic hydroxyl groups is 15. The van der Waals surface area contributed by atoms with Crippen molar-refractivity contribution in [1.82, 2.24) is 26.6 Å². The monoisotopic (exact) mass is 1270 g/mol. The van der Waals surface area contributed by atoms with Gasteiger partial charge in [0, 0.05) is 42.3 Å². The van der Waals surface area contributed by atoms with E-state index >= 15 is 0 Å². The zero-order valence-corrected chi connectivity index (χ0v) is 44.0. The van der Waals surface area contributed by atoms with Gasteiger partial charge >= 0.3 is 35.8 Å². The Morgan fingerprint density at radius 2 is 0.598 bits per heavy atom. The number of hydrogen-bond donors (Lipinski definition) is 20. The van der Waals surface area contributed by atoms with Gasteiger partial charge in [-0.25, -0.2) is 0 Å². The number of carbonyl (C=O) groups excluding carboxylic acids is 5. The smallest absolute Gasteiger partial charge is 0.394 e. The Labute approximate surface area is 461 Å². The molecule has 0 aromatic carbocycles. The van der Waals surface area contributed by atoms with Gasteiger partial charge in [-0.1, -0.05) is 0 Å². The van der Waals surface area contributed by atoms with Crippen molar-refractivity contribution < 1.29 is 158 Å². The highest BCUT2D eigenvalue weighted by molar-refractivity contribution is 7.99. The second-order valence-corrected chi connectivity index (χ2v) is 20.8. The predicted molar refractivity (Wildman–Crippen MR) is 250 cm³/mol. The minimum Gasteiger partial charge on any atom is -0.394 e. The van der Waals surface area contributed by atoms with E-state index in [2.05, 4.69) is 10.6 Å². The first-order chi connectivity index (χ1) is 37.7. The molecule has 0 bridgehead atoms. The summed E-state index contributed by atoms with van der Waals surface area (Å²) in [6.07, 6.45) is -15.9. The van der Waals surface area contributed by atoms with E-state index in [9.17, 15) is 158 Å². The van der Waals surface area contributed by atoms with Crippen molar-refractivity contribution in [1.29, 1.82) is 0 Å². The summed E-state index contributed by atoms with van der Waals surface area (Å²) in [4.78, 5) is 70.2. The fourth-order valence-corrected chi connectivity index (χ4v) is 8.24. The zero-order chi connectivity index (χ0) is 64.2. The molecule has 0 radical (unpaired) electrons. The Bertz CT molecular complexity index is 1970. The molecule has 0 saturated heterocycles. The maximum absolute atomic E-state index is 14.9. The Morgan fingerprint density at radius 1 is 0.341 bits per heavy atom. The molecule has 5 amide bonds. The average Bonchev–Trinajstić information content (AvgIpc) is 3.44. The zero-order valence-electron chi connectivity index (χ0n) is 43.1. The highest BCUT2D eigenvalue weighted by Gasteiger charge is 2.90. The molecule has 0 aromatic heterocycles. The van der Waals surface area contributed by atoms with E-state index in [0.29, 0.717) is 0 Å². The lowest BCUT2D eigenvalue weighted by molar-refractivity contribution is -0.439. The first-order valence-electron chi connectivity index (χ1n) is 24.0. The molecule has 0 spiro atoms. The molecule has 82 heavy (non-hydrogen) atoms. The molecule has 0 aliphatic rings. The van der Waals surface area contributed by atoms with Crippen molar-refractivity contribution in [3.63, 3.8) is 0 Å². The van der Waals surface area contributed by atoms with Crippen LogP contribution >= 0.6 is 11.8 Å². The average molecular weight is 1270 g/mol. The summed E-state index contributed by atoms with van der Waals surface area (Å²) < 4.78 is 181. The number of nitrogens with one attached hydrogen (secondary N) is 5. The van der Waals surface area contributed by atoms with Crippen LogP contribution in [-0.4, -0.2) is 280 Å². The molecule has 25 nitrogen and oxygen atoms in total. The molecule has 0 saturated carbocycles. The van der Waals surface area contributed by atoms with Crippen LogP contribution in [0.4, 0.5) is 57.1 Å². The van der Waals surface area contributed by atoms with Crippen LogP contribution < -0.4 is 26.6 Å². The maximum atomic E-state index is 14.9. The van der Waals surface area contributed by atoms with Gasteiger partial charge in [0.2, 0.25) is 29.5 Å². The first kappa shape index (κ1) is 78.2. The molecule has 39 heteroatoms. The van der Waals surface area contributed by atoms with Gasteiger partial charge in [0.05, 0.1) is 99.1 Å². The molecule has 0 rings (SSSR count). The molecule has 0 heterocycles. The van der Waals surface area contributed by atoms with Gasteiger partial charge in [0.25, 0.3) is 0 Å². The second kappa shape index (κ2) is 32.1. The summed E-state index contributed by atoms with van der Waals surface area (Å²) in [5, 5.41) is 160. The minimum absolute atomic E-state index is 0.260. The first-order valence-corrected chi connectivity index (χ1v) is 25.1. The summed E-state index contributed by atoms with van der Waals surface area (Å²) in [6.45, 7) is -19.2. The molecule has 4 unspecified atom stereocenters. The molecule has 0 aliphatic heterocycles. The quantitative estimate of drug-likeness (QED) is 0.0200. The standard InChI is InChI=1S/C43H70F13N5O20S/c44-38(45,39(46,47)40(48,49)41(50,51)42(52,53)43(54,55)56)3-4-82-8-27(32(81)61-37(21-74,22-75)23-76)7-26(31(80)60-36(18-71,19-72)20-73)6-25(30(79)59-35(15-68,16-69)17-70)5-24(29(78)58-34(12-65,13-66)14-67)1-2-28(77)57-33(9-62,10-63)11-64/h24-27,62-76H,1-23H2,(H,57,77)(H,58,78)(H,59,79)(H,60,80)(H,61,81)/i28+2,29+2,30+2,31+2,32+2. The molecule has 4 atom stereocenters. The van der Waals surface area contributed by atoms with Crippen LogP contribution in [0.5, 0.6) is 0 Å². The maximum Gasteiger partial charge on any atom is 0.460 e. The Morgan fingerprint density at radius 3 is 0.902 bits per heavy atom. The molecule has 0 fully saturated rings. The van der Waals surface area contributed by atoms with Crippen molar-refractivity contribution in [3.8, 4) is 0 Å². The van der Waals surface area contributed by atoms with Crippen LogP contribution in [0.25, 0.3) is 0 Å². The summed E-state index contributed by atoms with van der Waals surface area (Å²) >= 11 is -0.260. The van der Waals surface area contributed by atoms with Gasteiger partial charge in [0.15, 0.2) is 0 Å². The van der Waals surface area contributed by atoms with E-state index in [1.165, 1.54) is 0 Å². The third kappa shape index (κ3) is 18.6. The SMILES string of the molecule is O=[14C](CCC(CC(CC(CC(CSCCC(F)(F)C(F)(F)C(F)(F)C(F)(F)C(F)(F)C(F)(F)F)[14C](=O)NC(CO)(CO)CO)[14C](=O)NC(CO)(CO)CO)[14C](=O)NC(CO)(CO)CO)[14C](=O)NC(CO)(CO)CO)NC(CO)(CO)CO. The van der Waals surface area contributed by atoms with E-state index in [1.807, 2.05) is 16.0 Å².